The minimum Gasteiger partial charge on any atom is -0.449 e. The average molecular weight is 303 g/mol. The SMILES string of the molecule is N#CCC(=O)N/N=C/c1ccc(I)o1. The largest absolute Gasteiger partial charge is 0.449 e. The highest BCUT2D eigenvalue weighted by atomic mass is 127. The lowest BCUT2D eigenvalue weighted by Crippen LogP contribution is -2.15. The van der Waals surface area contributed by atoms with E-state index in [-0.39, 0.29) is 6.42 Å². The Morgan fingerprint density at radius 2 is 2.57 bits per heavy atom. The first kappa shape index (κ1) is 10.7. The number of rotatable bonds is 3. The number of hydrogen-bond acceptors (Lipinski definition) is 4. The zero-order chi connectivity index (χ0) is 10.4. The summed E-state index contributed by atoms with van der Waals surface area (Å²) in [6.45, 7) is 0. The summed E-state index contributed by atoms with van der Waals surface area (Å²) in [5.41, 5.74) is 2.19. The second-order valence-electron chi connectivity index (χ2n) is 2.27. The summed E-state index contributed by atoms with van der Waals surface area (Å²) < 4.78 is 5.89. The Morgan fingerprint density at radius 1 is 1.79 bits per heavy atom. The van der Waals surface area contributed by atoms with Gasteiger partial charge in [0.1, 0.15) is 12.2 Å². The van der Waals surface area contributed by atoms with Crippen LogP contribution in [-0.2, 0) is 4.79 Å². The van der Waals surface area contributed by atoms with Gasteiger partial charge in [0.05, 0.1) is 12.3 Å². The molecule has 0 aromatic carbocycles. The molecule has 1 aromatic heterocycles. The molecule has 14 heavy (non-hydrogen) atoms. The van der Waals surface area contributed by atoms with Crippen LogP contribution in [-0.4, -0.2) is 12.1 Å². The molecule has 6 heteroatoms. The van der Waals surface area contributed by atoms with Gasteiger partial charge in [0.25, 0.3) is 5.91 Å². The Hall–Kier alpha value is -1.36. The number of furan rings is 1. The molecule has 0 atom stereocenters. The predicted octanol–water partition coefficient (Wildman–Crippen LogP) is 1.25. The number of hydrogen-bond donors (Lipinski definition) is 1. The molecule has 0 saturated carbocycles. The Labute approximate surface area is 93.9 Å². The summed E-state index contributed by atoms with van der Waals surface area (Å²) in [7, 11) is 0. The zero-order valence-electron chi connectivity index (χ0n) is 7.03. The standard InChI is InChI=1S/C8H6IN3O2/c9-7-2-1-6(14-7)5-11-12-8(13)3-4-10/h1-2,5H,3H2,(H,12,13)/b11-5+. The first-order chi connectivity index (χ1) is 6.72. The van der Waals surface area contributed by atoms with Crippen molar-refractivity contribution in [3.05, 3.63) is 21.7 Å². The lowest BCUT2D eigenvalue weighted by atomic mass is 10.5. The third-order valence-electron chi connectivity index (χ3n) is 1.21. The van der Waals surface area contributed by atoms with E-state index in [0.717, 1.165) is 3.77 Å². The number of nitrogens with zero attached hydrogens (tertiary/aromatic N) is 2. The molecule has 1 amide bonds. The Morgan fingerprint density at radius 3 is 3.14 bits per heavy atom. The molecule has 0 radical (unpaired) electrons. The van der Waals surface area contributed by atoms with E-state index in [0.29, 0.717) is 5.76 Å². The highest BCUT2D eigenvalue weighted by Crippen LogP contribution is 2.07. The molecule has 0 aliphatic rings. The Kier molecular flexibility index (Phi) is 4.12. The maximum atomic E-state index is 10.8. The van der Waals surface area contributed by atoms with Gasteiger partial charge in [-0.25, -0.2) is 5.43 Å². The lowest BCUT2D eigenvalue weighted by molar-refractivity contribution is -0.120. The summed E-state index contributed by atoms with van der Waals surface area (Å²) in [6.07, 6.45) is 1.17. The van der Waals surface area contributed by atoms with Gasteiger partial charge in [-0.1, -0.05) is 0 Å². The van der Waals surface area contributed by atoms with Crippen LogP contribution >= 0.6 is 22.6 Å². The monoisotopic (exact) mass is 303 g/mol. The number of carbonyl (C=O) groups excluding carboxylic acids is 1. The second-order valence-corrected chi connectivity index (χ2v) is 3.33. The quantitative estimate of drug-likeness (QED) is 0.518. The van der Waals surface area contributed by atoms with Gasteiger partial charge in [-0.15, -0.1) is 0 Å². The van der Waals surface area contributed by atoms with Gasteiger partial charge < -0.3 is 4.42 Å². The van der Waals surface area contributed by atoms with Crippen LogP contribution < -0.4 is 5.43 Å². The summed E-state index contributed by atoms with van der Waals surface area (Å²) in [5.74, 6) is 0.108. The fourth-order valence-electron chi connectivity index (χ4n) is 0.677. The molecule has 1 N–H and O–H groups in total. The number of halogens is 1. The maximum Gasteiger partial charge on any atom is 0.254 e. The van der Waals surface area contributed by atoms with Gasteiger partial charge in [-0.2, -0.15) is 10.4 Å². The number of nitriles is 1. The van der Waals surface area contributed by atoms with E-state index in [1.54, 1.807) is 18.2 Å². The molecule has 5 nitrogen and oxygen atoms in total. The van der Waals surface area contributed by atoms with Gasteiger partial charge >= 0.3 is 0 Å². The molecular weight excluding hydrogens is 297 g/mol. The number of nitrogens with one attached hydrogen (secondary N) is 1. The molecule has 72 valence electrons. The van der Waals surface area contributed by atoms with E-state index in [4.69, 9.17) is 9.68 Å². The molecule has 1 aromatic rings. The summed E-state index contributed by atoms with van der Waals surface area (Å²) in [6, 6.07) is 5.21. The number of hydrazone groups is 1. The number of carbonyl (C=O) groups is 1. The molecule has 1 rings (SSSR count). The number of amides is 1. The fourth-order valence-corrected chi connectivity index (χ4v) is 1.11. The van der Waals surface area contributed by atoms with Crippen LogP contribution in [0.5, 0.6) is 0 Å². The molecule has 0 saturated heterocycles. The van der Waals surface area contributed by atoms with Crippen LogP contribution in [0, 0.1) is 15.1 Å². The van der Waals surface area contributed by atoms with Crippen LogP contribution in [0.1, 0.15) is 12.2 Å². The summed E-state index contributed by atoms with van der Waals surface area (Å²) in [5, 5.41) is 11.8. The van der Waals surface area contributed by atoms with Crippen molar-refractivity contribution < 1.29 is 9.21 Å². The smallest absolute Gasteiger partial charge is 0.254 e. The fraction of sp³-hybridized carbons (Fsp3) is 0.125. The van der Waals surface area contributed by atoms with Crippen LogP contribution in [0.25, 0.3) is 0 Å². The van der Waals surface area contributed by atoms with Gasteiger partial charge in [-0.05, 0) is 34.7 Å². The van der Waals surface area contributed by atoms with Crippen molar-refractivity contribution in [2.45, 2.75) is 6.42 Å². The maximum absolute atomic E-state index is 10.8. The van der Waals surface area contributed by atoms with E-state index < -0.39 is 5.91 Å². The molecule has 0 aliphatic heterocycles. The topological polar surface area (TPSA) is 78.4 Å². The van der Waals surface area contributed by atoms with Crippen molar-refractivity contribution in [2.24, 2.45) is 5.10 Å². The van der Waals surface area contributed by atoms with Crippen molar-refractivity contribution in [3.63, 3.8) is 0 Å². The molecule has 0 unspecified atom stereocenters. The van der Waals surface area contributed by atoms with E-state index in [2.05, 4.69) is 10.5 Å². The Balaban J connectivity index is 2.42. The van der Waals surface area contributed by atoms with Crippen molar-refractivity contribution in [1.29, 1.82) is 5.26 Å². The van der Waals surface area contributed by atoms with E-state index >= 15 is 0 Å². The van der Waals surface area contributed by atoms with E-state index in [9.17, 15) is 4.79 Å². The molecule has 0 spiro atoms. The van der Waals surface area contributed by atoms with E-state index in [1.165, 1.54) is 6.21 Å². The highest BCUT2D eigenvalue weighted by molar-refractivity contribution is 14.1. The van der Waals surface area contributed by atoms with Crippen molar-refractivity contribution in [2.75, 3.05) is 0 Å². The molecule has 0 fully saturated rings. The van der Waals surface area contributed by atoms with Crippen LogP contribution in [0.3, 0.4) is 0 Å². The first-order valence-corrected chi connectivity index (χ1v) is 4.74. The van der Waals surface area contributed by atoms with Gasteiger partial charge in [-0.3, -0.25) is 4.79 Å². The second kappa shape index (κ2) is 5.39. The third kappa shape index (κ3) is 3.57. The summed E-state index contributed by atoms with van der Waals surface area (Å²) in [4.78, 5) is 10.8. The van der Waals surface area contributed by atoms with Gasteiger partial charge in [0.2, 0.25) is 0 Å². The normalized spacial score (nSPS) is 10.0. The van der Waals surface area contributed by atoms with Crippen LogP contribution in [0.2, 0.25) is 0 Å². The van der Waals surface area contributed by atoms with Gasteiger partial charge in [0, 0.05) is 0 Å². The first-order valence-electron chi connectivity index (χ1n) is 3.66. The Bertz CT molecular complexity index is 392. The average Bonchev–Trinajstić information content (AvgIpc) is 2.52. The highest BCUT2D eigenvalue weighted by Gasteiger charge is 1.97. The molecule has 1 heterocycles. The minimum absolute atomic E-state index is 0.201. The molecular formula is C8H6IN3O2. The van der Waals surface area contributed by atoms with Crippen molar-refractivity contribution >= 4 is 34.7 Å². The minimum atomic E-state index is -0.440. The van der Waals surface area contributed by atoms with Crippen molar-refractivity contribution in [1.82, 2.24) is 5.43 Å². The van der Waals surface area contributed by atoms with Crippen LogP contribution in [0.15, 0.2) is 21.7 Å². The summed E-state index contributed by atoms with van der Waals surface area (Å²) >= 11 is 2.02. The van der Waals surface area contributed by atoms with Crippen molar-refractivity contribution in [3.8, 4) is 6.07 Å². The van der Waals surface area contributed by atoms with Crippen LogP contribution in [0.4, 0.5) is 0 Å². The van der Waals surface area contributed by atoms with Gasteiger partial charge in [0.15, 0.2) is 3.77 Å². The lowest BCUT2D eigenvalue weighted by Gasteiger charge is -1.90. The molecule has 0 bridgehead atoms. The predicted molar refractivity (Wildman–Crippen MR) is 57.4 cm³/mol. The zero-order valence-corrected chi connectivity index (χ0v) is 9.19. The third-order valence-corrected chi connectivity index (χ3v) is 1.79. The van der Waals surface area contributed by atoms with E-state index in [1.807, 2.05) is 22.6 Å². The molecule has 0 aliphatic carbocycles.